The third kappa shape index (κ3) is 2.23. The number of ketones is 1. The molecule has 1 aliphatic carbocycles. The highest BCUT2D eigenvalue weighted by Gasteiger charge is 2.41. The lowest BCUT2D eigenvalue weighted by atomic mass is 9.98. The lowest BCUT2D eigenvalue weighted by molar-refractivity contribution is 0.0787. The third-order valence-electron chi connectivity index (χ3n) is 5.12. The second-order valence-electron chi connectivity index (χ2n) is 6.37. The van der Waals surface area contributed by atoms with E-state index in [1.54, 1.807) is 0 Å². The normalized spacial score (nSPS) is 27.7. The molecule has 2 nitrogen and oxygen atoms in total. The number of hydrogen-bond acceptors (Lipinski definition) is 2. The van der Waals surface area contributed by atoms with E-state index in [2.05, 4.69) is 31.7 Å². The Morgan fingerprint density at radius 1 is 1.26 bits per heavy atom. The van der Waals surface area contributed by atoms with Gasteiger partial charge in [-0.15, -0.1) is 0 Å². The van der Waals surface area contributed by atoms with Gasteiger partial charge < -0.3 is 0 Å². The molecule has 0 radical (unpaired) electrons. The number of aryl methyl sites for hydroxylation is 2. The Balaban J connectivity index is 1.77. The van der Waals surface area contributed by atoms with Crippen LogP contribution in [0.4, 0.5) is 0 Å². The molecule has 2 fully saturated rings. The summed E-state index contributed by atoms with van der Waals surface area (Å²) >= 11 is 0. The lowest BCUT2D eigenvalue weighted by Gasteiger charge is -2.31. The molecule has 1 aromatic carbocycles. The molecule has 2 aliphatic rings. The molecule has 3 unspecified atom stereocenters. The first-order valence-electron chi connectivity index (χ1n) is 7.43. The predicted molar refractivity (Wildman–Crippen MR) is 77.5 cm³/mol. The van der Waals surface area contributed by atoms with Crippen molar-refractivity contribution in [3.63, 3.8) is 0 Å². The number of likely N-dealkylation sites (tertiary alicyclic amines) is 1. The molecule has 0 spiro atoms. The van der Waals surface area contributed by atoms with Gasteiger partial charge in [0.15, 0.2) is 5.78 Å². The number of nitrogens with zero attached hydrogens (tertiary/aromatic N) is 1. The summed E-state index contributed by atoms with van der Waals surface area (Å²) in [7, 11) is 0. The van der Waals surface area contributed by atoms with E-state index in [0.717, 1.165) is 18.0 Å². The van der Waals surface area contributed by atoms with Gasteiger partial charge in [-0.3, -0.25) is 9.69 Å². The minimum atomic E-state index is 0.0393. The van der Waals surface area contributed by atoms with Crippen molar-refractivity contribution in [3.05, 3.63) is 34.9 Å². The Labute approximate surface area is 115 Å². The van der Waals surface area contributed by atoms with Crippen LogP contribution in [-0.4, -0.2) is 29.3 Å². The zero-order valence-corrected chi connectivity index (χ0v) is 12.1. The second kappa shape index (κ2) is 4.75. The Bertz CT molecular complexity index is 508. The van der Waals surface area contributed by atoms with Crippen molar-refractivity contribution in [1.29, 1.82) is 0 Å². The number of carbonyl (C=O) groups is 1. The maximum absolute atomic E-state index is 12.6. The molecule has 0 amide bonds. The van der Waals surface area contributed by atoms with Gasteiger partial charge in [0.2, 0.25) is 0 Å². The molecule has 19 heavy (non-hydrogen) atoms. The highest BCUT2D eigenvalue weighted by molar-refractivity contribution is 6.00. The summed E-state index contributed by atoms with van der Waals surface area (Å²) in [6, 6.07) is 6.79. The molecule has 3 rings (SSSR count). The fourth-order valence-electron chi connectivity index (χ4n) is 3.72. The number of piperidine rings is 1. The molecule has 0 aromatic heterocycles. The van der Waals surface area contributed by atoms with Gasteiger partial charge >= 0.3 is 0 Å². The summed E-state index contributed by atoms with van der Waals surface area (Å²) in [5.41, 5.74) is 3.34. The number of benzene rings is 1. The van der Waals surface area contributed by atoms with Crippen molar-refractivity contribution in [2.45, 2.75) is 52.1 Å². The van der Waals surface area contributed by atoms with Gasteiger partial charge in [-0.25, -0.2) is 0 Å². The van der Waals surface area contributed by atoms with Gasteiger partial charge in [0, 0.05) is 18.2 Å². The van der Waals surface area contributed by atoms with Crippen molar-refractivity contribution >= 4 is 5.78 Å². The summed E-state index contributed by atoms with van der Waals surface area (Å²) in [5, 5.41) is 0. The van der Waals surface area contributed by atoms with Crippen LogP contribution in [-0.2, 0) is 0 Å². The van der Waals surface area contributed by atoms with Crippen LogP contribution < -0.4 is 0 Å². The van der Waals surface area contributed by atoms with Gasteiger partial charge in [-0.1, -0.05) is 12.1 Å². The van der Waals surface area contributed by atoms with Crippen molar-refractivity contribution in [1.82, 2.24) is 4.90 Å². The van der Waals surface area contributed by atoms with E-state index >= 15 is 0 Å². The molecule has 1 aromatic rings. The molecule has 102 valence electrons. The van der Waals surface area contributed by atoms with E-state index in [1.807, 2.05) is 12.1 Å². The first kappa shape index (κ1) is 12.9. The average Bonchev–Trinajstić information content (AvgIpc) is 3.02. The van der Waals surface area contributed by atoms with Gasteiger partial charge in [-0.05, 0) is 63.1 Å². The minimum Gasteiger partial charge on any atom is -0.292 e. The average molecular weight is 257 g/mol. The molecule has 0 N–H and O–H groups in total. The SMILES string of the molecule is Cc1ccc(C(=O)C(C)N2CC3CCC2C3)cc1C. The van der Waals surface area contributed by atoms with Crippen molar-refractivity contribution in [2.75, 3.05) is 6.54 Å². The molecule has 1 saturated carbocycles. The van der Waals surface area contributed by atoms with Crippen molar-refractivity contribution in [3.8, 4) is 0 Å². The first-order chi connectivity index (χ1) is 9.06. The van der Waals surface area contributed by atoms with E-state index in [9.17, 15) is 4.79 Å². The largest absolute Gasteiger partial charge is 0.292 e. The van der Waals surface area contributed by atoms with Crippen LogP contribution >= 0.6 is 0 Å². The Kier molecular flexibility index (Phi) is 3.22. The fourth-order valence-corrected chi connectivity index (χ4v) is 3.72. The monoisotopic (exact) mass is 257 g/mol. The van der Waals surface area contributed by atoms with Gasteiger partial charge in [-0.2, -0.15) is 0 Å². The molecular formula is C17H23NO. The molecule has 2 bridgehead atoms. The summed E-state index contributed by atoms with van der Waals surface area (Å²) < 4.78 is 0. The molecular weight excluding hydrogens is 234 g/mol. The highest BCUT2D eigenvalue weighted by atomic mass is 16.1. The number of carbonyl (C=O) groups excluding carboxylic acids is 1. The van der Waals surface area contributed by atoms with Crippen LogP contribution in [0.5, 0.6) is 0 Å². The Morgan fingerprint density at radius 3 is 2.63 bits per heavy atom. The van der Waals surface area contributed by atoms with Gasteiger partial charge in [0.05, 0.1) is 6.04 Å². The summed E-state index contributed by atoms with van der Waals surface area (Å²) in [6.45, 7) is 7.38. The lowest BCUT2D eigenvalue weighted by Crippen LogP contribution is -2.43. The molecule has 2 heteroatoms. The van der Waals surface area contributed by atoms with Crippen LogP contribution in [0.3, 0.4) is 0 Å². The van der Waals surface area contributed by atoms with E-state index < -0.39 is 0 Å². The molecule has 1 saturated heterocycles. The standard InChI is InChI=1S/C17H23NO/c1-11-4-6-15(8-12(11)2)17(19)13(3)18-10-14-5-7-16(18)9-14/h4,6,8,13-14,16H,5,7,9-10H2,1-3H3. The summed E-state index contributed by atoms with van der Waals surface area (Å²) in [6.07, 6.45) is 3.96. The van der Waals surface area contributed by atoms with Crippen molar-refractivity contribution in [2.24, 2.45) is 5.92 Å². The molecule has 3 atom stereocenters. The van der Waals surface area contributed by atoms with Crippen LogP contribution in [0.2, 0.25) is 0 Å². The molecule has 1 heterocycles. The summed E-state index contributed by atoms with van der Waals surface area (Å²) in [4.78, 5) is 15.1. The van der Waals surface area contributed by atoms with Crippen LogP contribution in [0.25, 0.3) is 0 Å². The number of Topliss-reactive ketones (excluding diaryl/α,β-unsaturated/α-hetero) is 1. The predicted octanol–water partition coefficient (Wildman–Crippen LogP) is 3.36. The minimum absolute atomic E-state index is 0.0393. The number of rotatable bonds is 3. The topological polar surface area (TPSA) is 20.3 Å². The maximum atomic E-state index is 12.6. The first-order valence-corrected chi connectivity index (χ1v) is 7.43. The van der Waals surface area contributed by atoms with Crippen LogP contribution in [0.1, 0.15) is 47.7 Å². The zero-order valence-electron chi connectivity index (χ0n) is 12.1. The quantitative estimate of drug-likeness (QED) is 0.774. The van der Waals surface area contributed by atoms with E-state index in [-0.39, 0.29) is 11.8 Å². The van der Waals surface area contributed by atoms with E-state index in [0.29, 0.717) is 6.04 Å². The fraction of sp³-hybridized carbons (Fsp3) is 0.588. The van der Waals surface area contributed by atoms with Crippen LogP contribution in [0, 0.1) is 19.8 Å². The zero-order chi connectivity index (χ0) is 13.6. The van der Waals surface area contributed by atoms with Crippen LogP contribution in [0.15, 0.2) is 18.2 Å². The third-order valence-corrected chi connectivity index (χ3v) is 5.12. The van der Waals surface area contributed by atoms with E-state index in [4.69, 9.17) is 0 Å². The Hall–Kier alpha value is -1.15. The maximum Gasteiger partial charge on any atom is 0.179 e. The number of hydrogen-bond donors (Lipinski definition) is 0. The second-order valence-corrected chi connectivity index (χ2v) is 6.37. The number of fused-ring (bicyclic) bond motifs is 2. The van der Waals surface area contributed by atoms with Gasteiger partial charge in [0.1, 0.15) is 0 Å². The smallest absolute Gasteiger partial charge is 0.179 e. The van der Waals surface area contributed by atoms with E-state index in [1.165, 1.54) is 30.4 Å². The Morgan fingerprint density at radius 2 is 2.05 bits per heavy atom. The highest BCUT2D eigenvalue weighted by Crippen LogP contribution is 2.38. The van der Waals surface area contributed by atoms with Gasteiger partial charge in [0.25, 0.3) is 0 Å². The summed E-state index contributed by atoms with van der Waals surface area (Å²) in [5.74, 6) is 1.13. The molecule has 1 aliphatic heterocycles. The van der Waals surface area contributed by atoms with Crippen molar-refractivity contribution < 1.29 is 4.79 Å².